The molecule has 2 bridgehead atoms. The summed E-state index contributed by atoms with van der Waals surface area (Å²) < 4.78 is 50.5. The number of amides is 1. The topological polar surface area (TPSA) is 103 Å². The Morgan fingerprint density at radius 1 is 1.18 bits per heavy atom. The molecule has 3 aliphatic rings. The maximum Gasteiger partial charge on any atom is 0.433 e. The number of hydrogen-bond acceptors (Lipinski definition) is 7. The van der Waals surface area contributed by atoms with Crippen molar-refractivity contribution in [3.05, 3.63) is 52.5 Å². The lowest BCUT2D eigenvalue weighted by molar-refractivity contribution is -0.141. The molecular formula is C22H18F3N5O3. The first-order chi connectivity index (χ1) is 15.8. The number of fused-ring (bicyclic) bond motifs is 7. The quantitative estimate of drug-likeness (QED) is 0.597. The number of nitrogens with two attached hydrogens (primary N) is 1. The van der Waals surface area contributed by atoms with Crippen LogP contribution in [0.3, 0.4) is 0 Å². The Hall–Kier alpha value is -3.47. The highest BCUT2D eigenvalue weighted by atomic mass is 19.4. The molecule has 3 aliphatic heterocycles. The van der Waals surface area contributed by atoms with E-state index < -0.39 is 17.9 Å². The predicted molar refractivity (Wildman–Crippen MR) is 109 cm³/mol. The number of aromatic nitrogens is 3. The highest BCUT2D eigenvalue weighted by molar-refractivity contribution is 5.97. The molecule has 1 saturated heterocycles. The third-order valence-corrected chi connectivity index (χ3v) is 6.47. The molecule has 6 heterocycles. The minimum Gasteiger partial charge on any atom is -0.474 e. The van der Waals surface area contributed by atoms with Gasteiger partial charge in [0.25, 0.3) is 5.91 Å². The number of likely N-dealkylation sites (tertiary alicyclic amines) is 1. The molecule has 2 N–H and O–H groups in total. The lowest BCUT2D eigenvalue weighted by Gasteiger charge is -2.43. The van der Waals surface area contributed by atoms with Crippen LogP contribution >= 0.6 is 0 Å². The molecule has 170 valence electrons. The van der Waals surface area contributed by atoms with Crippen LogP contribution in [0.2, 0.25) is 0 Å². The molecule has 0 radical (unpaired) electrons. The first-order valence-electron chi connectivity index (χ1n) is 10.5. The Morgan fingerprint density at radius 2 is 2.00 bits per heavy atom. The van der Waals surface area contributed by atoms with Crippen molar-refractivity contribution in [3.8, 4) is 5.88 Å². The normalized spacial score (nSPS) is 21.5. The Bertz CT molecular complexity index is 1310. The molecular weight excluding hydrogens is 439 g/mol. The fourth-order valence-electron chi connectivity index (χ4n) is 4.83. The minimum atomic E-state index is -4.57. The Kier molecular flexibility index (Phi) is 4.28. The van der Waals surface area contributed by atoms with E-state index in [4.69, 9.17) is 15.2 Å². The molecule has 0 unspecified atom stereocenters. The number of rotatable bonds is 1. The fourth-order valence-corrected chi connectivity index (χ4v) is 4.83. The van der Waals surface area contributed by atoms with Gasteiger partial charge in [0.2, 0.25) is 5.88 Å². The molecule has 0 aromatic carbocycles. The van der Waals surface area contributed by atoms with Gasteiger partial charge in [0.15, 0.2) is 0 Å². The van der Waals surface area contributed by atoms with Gasteiger partial charge >= 0.3 is 6.18 Å². The number of hydrogen-bond donors (Lipinski definition) is 1. The predicted octanol–water partition coefficient (Wildman–Crippen LogP) is 3.39. The van der Waals surface area contributed by atoms with Crippen LogP contribution in [0.5, 0.6) is 5.88 Å². The second kappa shape index (κ2) is 7.01. The zero-order chi connectivity index (χ0) is 22.9. The number of carbonyl (C=O) groups excluding carboxylic acids is 1. The van der Waals surface area contributed by atoms with Gasteiger partial charge in [-0.2, -0.15) is 13.2 Å². The standard InChI is InChI=1S/C22H18F3N5O3/c23-22(24,25)18-2-1-11-17-5-10(33-20(11)29-18)3-4-30(17)21(31)15-6-12-13-8-32-9-14(13)19(26)28-16(12)7-27-15/h1-2,6-7,10,17H,3-5,8-9H2,(H2,26,28)/t10-,17+/m1/s1. The van der Waals surface area contributed by atoms with E-state index in [1.54, 1.807) is 11.0 Å². The van der Waals surface area contributed by atoms with Gasteiger partial charge in [-0.05, 0) is 23.8 Å². The molecule has 6 rings (SSSR count). The van der Waals surface area contributed by atoms with E-state index >= 15 is 0 Å². The summed E-state index contributed by atoms with van der Waals surface area (Å²) in [7, 11) is 0. The monoisotopic (exact) mass is 457 g/mol. The van der Waals surface area contributed by atoms with E-state index in [1.807, 2.05) is 0 Å². The maximum absolute atomic E-state index is 13.5. The third-order valence-electron chi connectivity index (χ3n) is 6.47. The Labute approximate surface area is 185 Å². The van der Waals surface area contributed by atoms with Crippen LogP contribution in [0, 0.1) is 0 Å². The van der Waals surface area contributed by atoms with Gasteiger partial charge in [-0.3, -0.25) is 4.79 Å². The first-order valence-corrected chi connectivity index (χ1v) is 10.5. The van der Waals surface area contributed by atoms with Crippen molar-refractivity contribution in [2.24, 2.45) is 0 Å². The summed E-state index contributed by atoms with van der Waals surface area (Å²) in [6, 6.07) is 3.52. The SMILES string of the molecule is Nc1nc2cnc(C(=O)N3CC[C@@H]4C[C@H]3c3ccc(C(F)(F)F)nc3O4)cc2c2c1COC2. The zero-order valence-corrected chi connectivity index (χ0v) is 17.2. The molecule has 3 aromatic rings. The van der Waals surface area contributed by atoms with Crippen LogP contribution in [0.4, 0.5) is 19.0 Å². The lowest BCUT2D eigenvalue weighted by Crippen LogP contribution is -2.47. The van der Waals surface area contributed by atoms with E-state index in [-0.39, 0.29) is 23.6 Å². The van der Waals surface area contributed by atoms with Gasteiger partial charge in [0.05, 0.1) is 31.0 Å². The summed E-state index contributed by atoms with van der Waals surface area (Å²) in [5.74, 6) is 0.0183. The molecule has 33 heavy (non-hydrogen) atoms. The summed E-state index contributed by atoms with van der Waals surface area (Å²) in [5, 5.41) is 0.758. The number of nitrogen functional groups attached to an aromatic ring is 1. The zero-order valence-electron chi connectivity index (χ0n) is 17.2. The molecule has 1 amide bonds. The van der Waals surface area contributed by atoms with Crippen LogP contribution in [-0.4, -0.2) is 38.4 Å². The van der Waals surface area contributed by atoms with E-state index in [0.717, 1.165) is 22.6 Å². The number of nitrogens with zero attached hydrogens (tertiary/aromatic N) is 4. The van der Waals surface area contributed by atoms with E-state index in [0.29, 0.717) is 49.5 Å². The number of ether oxygens (including phenoxy) is 2. The minimum absolute atomic E-state index is 0.0651. The smallest absolute Gasteiger partial charge is 0.433 e. The van der Waals surface area contributed by atoms with Crippen molar-refractivity contribution in [2.75, 3.05) is 12.3 Å². The van der Waals surface area contributed by atoms with Gasteiger partial charge < -0.3 is 20.1 Å². The summed E-state index contributed by atoms with van der Waals surface area (Å²) in [6.07, 6.45) is -2.37. The lowest BCUT2D eigenvalue weighted by atomic mass is 9.90. The number of alkyl halides is 3. The van der Waals surface area contributed by atoms with E-state index in [2.05, 4.69) is 15.0 Å². The molecule has 1 fully saturated rings. The van der Waals surface area contributed by atoms with Crippen molar-refractivity contribution >= 4 is 22.6 Å². The molecule has 0 spiro atoms. The number of carbonyl (C=O) groups is 1. The summed E-state index contributed by atoms with van der Waals surface area (Å²) in [6.45, 7) is 1.15. The second-order valence-corrected chi connectivity index (χ2v) is 8.40. The van der Waals surface area contributed by atoms with E-state index in [1.165, 1.54) is 12.3 Å². The van der Waals surface area contributed by atoms with Crippen molar-refractivity contribution < 1.29 is 27.4 Å². The molecule has 8 nitrogen and oxygen atoms in total. The van der Waals surface area contributed by atoms with Crippen molar-refractivity contribution in [2.45, 2.75) is 44.4 Å². The molecule has 2 atom stereocenters. The van der Waals surface area contributed by atoms with Gasteiger partial charge in [-0.1, -0.05) is 0 Å². The summed E-state index contributed by atoms with van der Waals surface area (Å²) in [5.41, 5.74) is 7.98. The first kappa shape index (κ1) is 20.2. The third kappa shape index (κ3) is 3.17. The molecule has 0 aliphatic carbocycles. The van der Waals surface area contributed by atoms with Gasteiger partial charge in [-0.15, -0.1) is 0 Å². The highest BCUT2D eigenvalue weighted by Gasteiger charge is 2.42. The van der Waals surface area contributed by atoms with Gasteiger partial charge in [-0.25, -0.2) is 15.0 Å². The summed E-state index contributed by atoms with van der Waals surface area (Å²) >= 11 is 0. The van der Waals surface area contributed by atoms with Crippen molar-refractivity contribution in [1.82, 2.24) is 19.9 Å². The van der Waals surface area contributed by atoms with Crippen molar-refractivity contribution in [3.63, 3.8) is 0 Å². The average molecular weight is 457 g/mol. The summed E-state index contributed by atoms with van der Waals surface area (Å²) in [4.78, 5) is 27.5. The largest absolute Gasteiger partial charge is 0.474 e. The molecule has 0 saturated carbocycles. The molecule has 11 heteroatoms. The maximum atomic E-state index is 13.5. The van der Waals surface area contributed by atoms with Crippen LogP contribution in [-0.2, 0) is 24.1 Å². The van der Waals surface area contributed by atoms with Crippen molar-refractivity contribution in [1.29, 1.82) is 0 Å². The number of pyridine rings is 3. The van der Waals surface area contributed by atoms with Gasteiger partial charge in [0.1, 0.15) is 23.3 Å². The van der Waals surface area contributed by atoms with Crippen LogP contribution < -0.4 is 10.5 Å². The van der Waals surface area contributed by atoms with Crippen LogP contribution in [0.1, 0.15) is 51.8 Å². The van der Waals surface area contributed by atoms with E-state index in [9.17, 15) is 18.0 Å². The number of piperidine rings is 1. The average Bonchev–Trinajstić information content (AvgIpc) is 3.29. The number of halogens is 3. The van der Waals surface area contributed by atoms with Crippen LogP contribution in [0.25, 0.3) is 10.9 Å². The second-order valence-electron chi connectivity index (χ2n) is 8.40. The Morgan fingerprint density at radius 3 is 2.82 bits per heavy atom. The molecule has 3 aromatic heterocycles. The van der Waals surface area contributed by atoms with Gasteiger partial charge in [0, 0.05) is 35.9 Å². The Balaban J connectivity index is 1.37. The van der Waals surface area contributed by atoms with Crippen LogP contribution in [0.15, 0.2) is 24.4 Å². The fraction of sp³-hybridized carbons (Fsp3) is 0.364. The number of anilines is 1. The highest BCUT2D eigenvalue weighted by Crippen LogP contribution is 2.43.